The minimum absolute atomic E-state index is 0.0147. The standard InChI is InChI=1S/C15H28N4O3/c1-3-4-5-12(18-9(2)20)11-8-10(14(21)22)6-7-13(11)19-15(16)17/h10-13H,3-8H2,1-2H3,(H,18,20)(H,21,22)(H4,16,17,19)/t10-,11+,12-,13+/m0/s1. The summed E-state index contributed by atoms with van der Waals surface area (Å²) < 4.78 is 0. The van der Waals surface area contributed by atoms with Crippen molar-refractivity contribution in [2.45, 2.75) is 64.5 Å². The van der Waals surface area contributed by atoms with Crippen LogP contribution in [0.15, 0.2) is 4.99 Å². The summed E-state index contributed by atoms with van der Waals surface area (Å²) in [4.78, 5) is 27.1. The van der Waals surface area contributed by atoms with Gasteiger partial charge in [0, 0.05) is 18.9 Å². The number of hydrogen-bond donors (Lipinski definition) is 4. The van der Waals surface area contributed by atoms with Gasteiger partial charge in [0.15, 0.2) is 5.96 Å². The lowest BCUT2D eigenvalue weighted by Crippen LogP contribution is -2.47. The second-order valence-corrected chi connectivity index (χ2v) is 6.08. The van der Waals surface area contributed by atoms with Crippen LogP contribution in [0.1, 0.15) is 52.4 Å². The summed E-state index contributed by atoms with van der Waals surface area (Å²) in [5, 5.41) is 12.3. The maximum absolute atomic E-state index is 11.5. The van der Waals surface area contributed by atoms with Crippen molar-refractivity contribution in [3.63, 3.8) is 0 Å². The van der Waals surface area contributed by atoms with E-state index in [2.05, 4.69) is 17.2 Å². The molecule has 1 aliphatic carbocycles. The van der Waals surface area contributed by atoms with Gasteiger partial charge in [0.1, 0.15) is 0 Å². The van der Waals surface area contributed by atoms with Crippen molar-refractivity contribution in [1.82, 2.24) is 5.32 Å². The lowest BCUT2D eigenvalue weighted by molar-refractivity contribution is -0.143. The summed E-state index contributed by atoms with van der Waals surface area (Å²) in [6.45, 7) is 3.56. The molecule has 22 heavy (non-hydrogen) atoms. The minimum atomic E-state index is -0.787. The molecule has 0 heterocycles. The lowest BCUT2D eigenvalue weighted by atomic mass is 9.73. The van der Waals surface area contributed by atoms with E-state index in [-0.39, 0.29) is 29.9 Å². The fourth-order valence-corrected chi connectivity index (χ4v) is 3.28. The molecule has 0 aromatic carbocycles. The first-order valence-electron chi connectivity index (χ1n) is 7.93. The van der Waals surface area contributed by atoms with Crippen LogP contribution in [-0.2, 0) is 9.59 Å². The molecule has 0 aromatic rings. The van der Waals surface area contributed by atoms with Crippen molar-refractivity contribution in [2.24, 2.45) is 28.3 Å². The highest BCUT2D eigenvalue weighted by atomic mass is 16.4. The average Bonchev–Trinajstić information content (AvgIpc) is 2.42. The zero-order valence-corrected chi connectivity index (χ0v) is 13.4. The number of amides is 1. The highest BCUT2D eigenvalue weighted by Gasteiger charge is 2.38. The SMILES string of the molecule is CCCC[C@H](NC(C)=O)[C@H]1C[C@@H](C(=O)O)CC[C@H]1N=C(N)N. The first-order chi connectivity index (χ1) is 10.3. The molecule has 1 amide bonds. The van der Waals surface area contributed by atoms with Crippen molar-refractivity contribution in [2.75, 3.05) is 0 Å². The van der Waals surface area contributed by atoms with E-state index in [1.54, 1.807) is 0 Å². The Morgan fingerprint density at radius 2 is 2.05 bits per heavy atom. The van der Waals surface area contributed by atoms with E-state index < -0.39 is 11.9 Å². The molecule has 7 heteroatoms. The Labute approximate surface area is 131 Å². The van der Waals surface area contributed by atoms with Crippen LogP contribution < -0.4 is 16.8 Å². The van der Waals surface area contributed by atoms with E-state index in [1.165, 1.54) is 6.92 Å². The summed E-state index contributed by atoms with van der Waals surface area (Å²) in [6.07, 6.45) is 4.47. The van der Waals surface area contributed by atoms with Gasteiger partial charge in [-0.1, -0.05) is 19.8 Å². The first kappa shape index (κ1) is 18.3. The number of carboxylic acids is 1. The number of nitrogens with two attached hydrogens (primary N) is 2. The molecule has 1 aliphatic rings. The molecule has 0 unspecified atom stereocenters. The molecule has 0 saturated heterocycles. The van der Waals surface area contributed by atoms with Gasteiger partial charge in [-0.25, -0.2) is 4.99 Å². The second-order valence-electron chi connectivity index (χ2n) is 6.08. The zero-order valence-electron chi connectivity index (χ0n) is 13.4. The minimum Gasteiger partial charge on any atom is -0.481 e. The summed E-state index contributed by atoms with van der Waals surface area (Å²) in [5.41, 5.74) is 11.0. The fourth-order valence-electron chi connectivity index (χ4n) is 3.28. The van der Waals surface area contributed by atoms with Crippen LogP contribution in [0.4, 0.5) is 0 Å². The number of nitrogens with one attached hydrogen (secondary N) is 1. The van der Waals surface area contributed by atoms with Crippen LogP contribution in [0.25, 0.3) is 0 Å². The van der Waals surface area contributed by atoms with Gasteiger partial charge in [-0.2, -0.15) is 0 Å². The molecule has 0 bridgehead atoms. The van der Waals surface area contributed by atoms with E-state index >= 15 is 0 Å². The third-order valence-electron chi connectivity index (χ3n) is 4.30. The van der Waals surface area contributed by atoms with E-state index in [0.29, 0.717) is 19.3 Å². The molecule has 4 atom stereocenters. The maximum Gasteiger partial charge on any atom is 0.306 e. The third kappa shape index (κ3) is 5.54. The molecular weight excluding hydrogens is 284 g/mol. The Bertz CT molecular complexity index is 421. The van der Waals surface area contributed by atoms with E-state index in [1.807, 2.05) is 0 Å². The van der Waals surface area contributed by atoms with Crippen LogP contribution in [0, 0.1) is 11.8 Å². The summed E-state index contributed by atoms with van der Waals surface area (Å²) in [6, 6.07) is -0.220. The number of aliphatic imine (C=N–C) groups is 1. The number of guanidine groups is 1. The Morgan fingerprint density at radius 1 is 1.36 bits per heavy atom. The molecule has 0 aromatic heterocycles. The van der Waals surface area contributed by atoms with Crippen molar-refractivity contribution >= 4 is 17.8 Å². The fraction of sp³-hybridized carbons (Fsp3) is 0.800. The van der Waals surface area contributed by atoms with Crippen molar-refractivity contribution in [3.8, 4) is 0 Å². The molecule has 1 saturated carbocycles. The van der Waals surface area contributed by atoms with E-state index in [0.717, 1.165) is 19.3 Å². The molecule has 0 radical (unpaired) electrons. The number of hydrogen-bond acceptors (Lipinski definition) is 3. The molecule has 0 spiro atoms. The van der Waals surface area contributed by atoms with E-state index in [9.17, 15) is 14.7 Å². The van der Waals surface area contributed by atoms with Crippen LogP contribution in [0.2, 0.25) is 0 Å². The maximum atomic E-state index is 11.5. The molecule has 1 rings (SSSR count). The van der Waals surface area contributed by atoms with Gasteiger partial charge >= 0.3 is 5.97 Å². The number of carboxylic acid groups (broad SMARTS) is 1. The molecular formula is C15H28N4O3. The van der Waals surface area contributed by atoms with Gasteiger partial charge in [-0.3, -0.25) is 9.59 Å². The van der Waals surface area contributed by atoms with Crippen LogP contribution in [-0.4, -0.2) is 35.0 Å². The number of rotatable bonds is 7. The lowest BCUT2D eigenvalue weighted by Gasteiger charge is -2.38. The second kappa shape index (κ2) is 8.60. The van der Waals surface area contributed by atoms with Gasteiger partial charge in [0.2, 0.25) is 5.91 Å². The van der Waals surface area contributed by atoms with Crippen molar-refractivity contribution in [1.29, 1.82) is 0 Å². The molecule has 1 fully saturated rings. The van der Waals surface area contributed by atoms with Gasteiger partial charge in [0.05, 0.1) is 12.0 Å². The first-order valence-corrected chi connectivity index (χ1v) is 7.93. The third-order valence-corrected chi connectivity index (χ3v) is 4.30. The van der Waals surface area contributed by atoms with Crippen LogP contribution in [0.3, 0.4) is 0 Å². The quantitative estimate of drug-likeness (QED) is 0.408. The van der Waals surface area contributed by atoms with Gasteiger partial charge < -0.3 is 21.9 Å². The summed E-state index contributed by atoms with van der Waals surface area (Å²) in [5.74, 6) is -1.33. The highest BCUT2D eigenvalue weighted by Crippen LogP contribution is 2.35. The normalized spacial score (nSPS) is 26.0. The summed E-state index contributed by atoms with van der Waals surface area (Å²) >= 11 is 0. The van der Waals surface area contributed by atoms with Gasteiger partial charge in [0.25, 0.3) is 0 Å². The Hall–Kier alpha value is -1.79. The number of carbonyl (C=O) groups excluding carboxylic acids is 1. The average molecular weight is 312 g/mol. The molecule has 126 valence electrons. The monoisotopic (exact) mass is 312 g/mol. The van der Waals surface area contributed by atoms with Crippen LogP contribution in [0.5, 0.6) is 0 Å². The van der Waals surface area contributed by atoms with Crippen molar-refractivity contribution in [3.05, 3.63) is 0 Å². The highest BCUT2D eigenvalue weighted by molar-refractivity contribution is 5.76. The topological polar surface area (TPSA) is 131 Å². The van der Waals surface area contributed by atoms with Crippen molar-refractivity contribution < 1.29 is 14.7 Å². The molecule has 0 aliphatic heterocycles. The number of carbonyl (C=O) groups is 2. The molecule has 6 N–H and O–H groups in total. The van der Waals surface area contributed by atoms with Gasteiger partial charge in [-0.15, -0.1) is 0 Å². The Balaban J connectivity index is 2.96. The molecule has 7 nitrogen and oxygen atoms in total. The number of unbranched alkanes of at least 4 members (excludes halogenated alkanes) is 1. The Morgan fingerprint density at radius 3 is 2.55 bits per heavy atom. The Kier molecular flexibility index (Phi) is 7.14. The zero-order chi connectivity index (χ0) is 16.7. The van der Waals surface area contributed by atoms with E-state index in [4.69, 9.17) is 11.5 Å². The smallest absolute Gasteiger partial charge is 0.306 e. The predicted octanol–water partition coefficient (Wildman–Crippen LogP) is 0.824. The number of aliphatic carboxylic acids is 1. The summed E-state index contributed by atoms with van der Waals surface area (Å²) in [7, 11) is 0. The largest absolute Gasteiger partial charge is 0.481 e. The van der Waals surface area contributed by atoms with Crippen LogP contribution >= 0.6 is 0 Å². The predicted molar refractivity (Wildman–Crippen MR) is 85.2 cm³/mol. The number of nitrogens with zero attached hydrogens (tertiary/aromatic N) is 1. The van der Waals surface area contributed by atoms with Gasteiger partial charge in [-0.05, 0) is 25.7 Å².